The second-order valence-corrected chi connectivity index (χ2v) is 7.23. The normalized spacial score (nSPS) is 13.2. The third-order valence-corrected chi connectivity index (χ3v) is 4.94. The van der Waals surface area contributed by atoms with Crippen LogP contribution < -0.4 is 15.5 Å². The van der Waals surface area contributed by atoms with Gasteiger partial charge in [0.2, 0.25) is 5.91 Å². The number of halogens is 1. The van der Waals surface area contributed by atoms with Gasteiger partial charge in [0.05, 0.1) is 29.8 Å². The number of rotatable bonds is 6. The van der Waals surface area contributed by atoms with Crippen LogP contribution in [0.5, 0.6) is 0 Å². The Kier molecular flexibility index (Phi) is 5.16. The van der Waals surface area contributed by atoms with Gasteiger partial charge in [-0.05, 0) is 31.0 Å². The Balaban J connectivity index is 1.37. The number of nitrogens with one attached hydrogen (secondary N) is 2. The Hall–Kier alpha value is -3.42. The van der Waals surface area contributed by atoms with Crippen molar-refractivity contribution in [3.63, 3.8) is 0 Å². The van der Waals surface area contributed by atoms with Gasteiger partial charge in [0.25, 0.3) is 0 Å². The number of amides is 1. The smallest absolute Gasteiger partial charge is 0.243 e. The Morgan fingerprint density at radius 2 is 2.03 bits per heavy atom. The van der Waals surface area contributed by atoms with E-state index in [1.54, 1.807) is 12.1 Å². The fourth-order valence-electron chi connectivity index (χ4n) is 3.39. The first kappa shape index (κ1) is 18.9. The van der Waals surface area contributed by atoms with Crippen LogP contribution in [-0.2, 0) is 24.3 Å². The third kappa shape index (κ3) is 4.37. The van der Waals surface area contributed by atoms with Gasteiger partial charge in [-0.3, -0.25) is 9.48 Å². The second-order valence-electron chi connectivity index (χ2n) is 7.23. The number of nitrogens with zero attached hydrogens (tertiary/aromatic N) is 4. The number of hydrogen-bond donors (Lipinski definition) is 2. The molecular weight excluding hydrogens is 371 g/mol. The molecule has 0 bridgehead atoms. The fourth-order valence-corrected chi connectivity index (χ4v) is 3.39. The minimum absolute atomic E-state index is 0.0290. The van der Waals surface area contributed by atoms with Crippen LogP contribution in [0.25, 0.3) is 0 Å². The summed E-state index contributed by atoms with van der Waals surface area (Å²) in [5.41, 5.74) is 4.62. The number of hydrogen-bond acceptors (Lipinski definition) is 5. The van der Waals surface area contributed by atoms with E-state index in [4.69, 9.17) is 0 Å². The van der Waals surface area contributed by atoms with Gasteiger partial charge < -0.3 is 15.5 Å². The first-order valence-corrected chi connectivity index (χ1v) is 9.50. The number of anilines is 3. The van der Waals surface area contributed by atoms with Crippen LogP contribution >= 0.6 is 0 Å². The van der Waals surface area contributed by atoms with Gasteiger partial charge in [-0.2, -0.15) is 5.10 Å². The first-order valence-electron chi connectivity index (χ1n) is 9.50. The van der Waals surface area contributed by atoms with Gasteiger partial charge >= 0.3 is 0 Å². The van der Waals surface area contributed by atoms with E-state index in [2.05, 4.69) is 20.7 Å². The molecule has 1 amide bonds. The van der Waals surface area contributed by atoms with E-state index in [9.17, 15) is 9.18 Å². The first-order chi connectivity index (χ1) is 14.0. The molecule has 0 saturated carbocycles. The number of aromatic nitrogens is 3. The van der Waals surface area contributed by atoms with Crippen LogP contribution in [-0.4, -0.2) is 34.3 Å². The van der Waals surface area contributed by atoms with Crippen LogP contribution in [0.1, 0.15) is 16.8 Å². The highest BCUT2D eigenvalue weighted by molar-refractivity contribution is 6.02. The summed E-state index contributed by atoms with van der Waals surface area (Å²) < 4.78 is 14.9. The van der Waals surface area contributed by atoms with Crippen molar-refractivity contribution in [2.24, 2.45) is 0 Å². The summed E-state index contributed by atoms with van der Waals surface area (Å²) in [7, 11) is 1.89. The van der Waals surface area contributed by atoms with Crippen LogP contribution in [0, 0.1) is 12.7 Å². The molecule has 2 N–H and O–H groups in total. The largest absolute Gasteiger partial charge is 0.366 e. The molecule has 0 radical (unpaired) electrons. The quantitative estimate of drug-likeness (QED) is 0.672. The van der Waals surface area contributed by atoms with Crippen molar-refractivity contribution in [2.45, 2.75) is 26.4 Å². The zero-order chi connectivity index (χ0) is 20.4. The standard InChI is InChI=1S/C21H23FN6O/c1-14-21-18(27(2)13-20(29)26-21)9-19(25-14)23-10-16-11-24-28(12-16)8-7-15-3-5-17(22)6-4-15/h3-6,9,11-12H,7-8,10,13H2,1-2H3,(H,23,25)(H,26,29). The molecule has 0 fully saturated rings. The van der Waals surface area contributed by atoms with E-state index in [0.717, 1.165) is 47.0 Å². The molecule has 0 atom stereocenters. The van der Waals surface area contributed by atoms with E-state index >= 15 is 0 Å². The Morgan fingerprint density at radius 1 is 1.24 bits per heavy atom. The predicted molar refractivity (Wildman–Crippen MR) is 111 cm³/mol. The molecule has 1 aromatic carbocycles. The summed E-state index contributed by atoms with van der Waals surface area (Å²) in [5, 5.41) is 10.6. The molecule has 1 aliphatic heterocycles. The highest BCUT2D eigenvalue weighted by Crippen LogP contribution is 2.32. The van der Waals surface area contributed by atoms with E-state index < -0.39 is 0 Å². The van der Waals surface area contributed by atoms with Crippen molar-refractivity contribution in [2.75, 3.05) is 29.1 Å². The summed E-state index contributed by atoms with van der Waals surface area (Å²) in [6, 6.07) is 8.49. The topological polar surface area (TPSA) is 75.1 Å². The molecule has 1 aliphatic rings. The van der Waals surface area contributed by atoms with Crippen LogP contribution in [0.15, 0.2) is 42.7 Å². The molecular formula is C21H23FN6O. The highest BCUT2D eigenvalue weighted by atomic mass is 19.1. The van der Waals surface area contributed by atoms with Crippen LogP contribution in [0.3, 0.4) is 0 Å². The summed E-state index contributed by atoms with van der Waals surface area (Å²) in [6.07, 6.45) is 4.61. The SMILES string of the molecule is Cc1nc(NCc2cnn(CCc3ccc(F)cc3)c2)cc2c1NC(=O)CN2C. The molecule has 3 heterocycles. The number of carbonyl (C=O) groups excluding carboxylic acids is 1. The van der Waals surface area contributed by atoms with E-state index in [1.165, 1.54) is 12.1 Å². The number of fused-ring (bicyclic) bond motifs is 1. The number of likely N-dealkylation sites (N-methyl/N-ethyl adjacent to an activating group) is 1. The summed E-state index contributed by atoms with van der Waals surface area (Å²) in [5.74, 6) is 0.503. The molecule has 8 heteroatoms. The van der Waals surface area contributed by atoms with Crippen LogP contribution in [0.2, 0.25) is 0 Å². The molecule has 0 spiro atoms. The maximum absolute atomic E-state index is 13.0. The molecule has 29 heavy (non-hydrogen) atoms. The van der Waals surface area contributed by atoms with E-state index in [-0.39, 0.29) is 11.7 Å². The van der Waals surface area contributed by atoms with Gasteiger partial charge in [0.15, 0.2) is 0 Å². The molecule has 0 unspecified atom stereocenters. The minimum atomic E-state index is -0.221. The van der Waals surface area contributed by atoms with E-state index in [1.807, 2.05) is 42.0 Å². The lowest BCUT2D eigenvalue weighted by Crippen LogP contribution is -2.36. The van der Waals surface area contributed by atoms with Gasteiger partial charge in [0, 0.05) is 38.0 Å². The molecule has 2 aromatic heterocycles. The van der Waals surface area contributed by atoms with Crippen molar-refractivity contribution < 1.29 is 9.18 Å². The molecule has 3 aromatic rings. The van der Waals surface area contributed by atoms with Crippen molar-refractivity contribution in [3.05, 3.63) is 65.4 Å². The fraction of sp³-hybridized carbons (Fsp3) is 0.286. The maximum Gasteiger partial charge on any atom is 0.243 e. The van der Waals surface area contributed by atoms with Gasteiger partial charge in [-0.25, -0.2) is 9.37 Å². The highest BCUT2D eigenvalue weighted by Gasteiger charge is 2.22. The molecule has 0 aliphatic carbocycles. The predicted octanol–water partition coefficient (Wildman–Crippen LogP) is 2.97. The zero-order valence-corrected chi connectivity index (χ0v) is 16.4. The summed E-state index contributed by atoms with van der Waals surface area (Å²) >= 11 is 0. The number of aryl methyl sites for hydroxylation is 3. The zero-order valence-electron chi connectivity index (χ0n) is 16.4. The van der Waals surface area contributed by atoms with Crippen LogP contribution in [0.4, 0.5) is 21.6 Å². The second kappa shape index (κ2) is 7.90. The lowest BCUT2D eigenvalue weighted by atomic mass is 10.1. The average molecular weight is 394 g/mol. The average Bonchev–Trinajstić information content (AvgIpc) is 3.15. The molecule has 150 valence electrons. The Bertz CT molecular complexity index is 1030. The lowest BCUT2D eigenvalue weighted by molar-refractivity contribution is -0.115. The van der Waals surface area contributed by atoms with Crippen molar-refractivity contribution in [1.82, 2.24) is 14.8 Å². The summed E-state index contributed by atoms with van der Waals surface area (Å²) in [4.78, 5) is 18.2. The minimum Gasteiger partial charge on any atom is -0.366 e. The van der Waals surface area contributed by atoms with Gasteiger partial charge in [0.1, 0.15) is 11.6 Å². The maximum atomic E-state index is 13.0. The monoisotopic (exact) mass is 394 g/mol. The third-order valence-electron chi connectivity index (χ3n) is 4.94. The Labute approximate surface area is 168 Å². The van der Waals surface area contributed by atoms with Crippen molar-refractivity contribution in [1.29, 1.82) is 0 Å². The van der Waals surface area contributed by atoms with Gasteiger partial charge in [-0.1, -0.05) is 12.1 Å². The molecule has 7 nitrogen and oxygen atoms in total. The number of pyridine rings is 1. The Morgan fingerprint density at radius 3 is 2.83 bits per heavy atom. The molecule has 0 saturated heterocycles. The molecule has 4 rings (SSSR count). The number of benzene rings is 1. The van der Waals surface area contributed by atoms with Crippen molar-refractivity contribution in [3.8, 4) is 0 Å². The van der Waals surface area contributed by atoms with Gasteiger partial charge in [-0.15, -0.1) is 0 Å². The summed E-state index contributed by atoms with van der Waals surface area (Å²) in [6.45, 7) is 3.54. The lowest BCUT2D eigenvalue weighted by Gasteiger charge is -2.28. The van der Waals surface area contributed by atoms with Crippen molar-refractivity contribution >= 4 is 23.1 Å². The number of carbonyl (C=O) groups is 1. The van der Waals surface area contributed by atoms with E-state index in [0.29, 0.717) is 13.1 Å².